The van der Waals surface area contributed by atoms with Gasteiger partial charge in [0.05, 0.1) is 21.3 Å². The zero-order chi connectivity index (χ0) is 25.8. The summed E-state index contributed by atoms with van der Waals surface area (Å²) in [5.74, 6) is 0.0500. The van der Waals surface area contributed by atoms with E-state index >= 15 is 4.39 Å². The summed E-state index contributed by atoms with van der Waals surface area (Å²) >= 11 is 12.5. The summed E-state index contributed by atoms with van der Waals surface area (Å²) in [7, 11) is 0. The largest absolute Gasteiger partial charge is 0.486 e. The van der Waals surface area contributed by atoms with Gasteiger partial charge in [-0.1, -0.05) is 29.3 Å². The molecule has 0 unspecified atom stereocenters. The zero-order valence-electron chi connectivity index (χ0n) is 20.2. The maximum absolute atomic E-state index is 15.3. The molecule has 0 saturated carbocycles. The van der Waals surface area contributed by atoms with E-state index in [0.29, 0.717) is 50.4 Å². The van der Waals surface area contributed by atoms with E-state index in [9.17, 15) is 0 Å². The Morgan fingerprint density at radius 2 is 1.97 bits per heavy atom. The van der Waals surface area contributed by atoms with Crippen molar-refractivity contribution in [3.8, 4) is 5.75 Å². The molecule has 4 heterocycles. The minimum absolute atomic E-state index is 0.193. The molecule has 1 aliphatic rings. The third-order valence-corrected chi connectivity index (χ3v) is 6.91. The van der Waals surface area contributed by atoms with Crippen molar-refractivity contribution in [1.82, 2.24) is 25.5 Å². The second-order valence-corrected chi connectivity index (χ2v) is 9.71. The number of halogens is 3. The quantitative estimate of drug-likeness (QED) is 0.263. The Morgan fingerprint density at radius 1 is 1.19 bits per heavy atom. The molecule has 10 heteroatoms. The van der Waals surface area contributed by atoms with Crippen LogP contribution in [0.5, 0.6) is 5.75 Å². The number of hydrogen-bond acceptors (Lipinski definition) is 6. The normalized spacial score (nSPS) is 15.7. The number of aromatic nitrogens is 4. The molecule has 4 aromatic rings. The molecule has 1 fully saturated rings. The van der Waals surface area contributed by atoms with Gasteiger partial charge in [0.1, 0.15) is 17.5 Å². The molecule has 0 bridgehead atoms. The summed E-state index contributed by atoms with van der Waals surface area (Å²) in [6.45, 7) is 4.08. The molecule has 1 atom stereocenters. The monoisotopic (exact) mass is 541 g/mol. The number of ether oxygens (including phenoxy) is 2. The van der Waals surface area contributed by atoms with E-state index in [4.69, 9.17) is 32.7 Å². The molecule has 37 heavy (non-hydrogen) atoms. The van der Waals surface area contributed by atoms with Crippen LogP contribution in [0.4, 0.5) is 4.39 Å². The Bertz CT molecular complexity index is 1380. The predicted molar refractivity (Wildman–Crippen MR) is 143 cm³/mol. The van der Waals surface area contributed by atoms with Crippen molar-refractivity contribution in [2.45, 2.75) is 38.5 Å². The fourth-order valence-corrected chi connectivity index (χ4v) is 4.98. The first-order valence-corrected chi connectivity index (χ1v) is 12.8. The fourth-order valence-electron chi connectivity index (χ4n) is 4.31. The lowest BCUT2D eigenvalue weighted by Gasteiger charge is -2.22. The third-order valence-electron chi connectivity index (χ3n) is 6.30. The Balaban J connectivity index is 1.30. The van der Waals surface area contributed by atoms with Crippen LogP contribution in [0.2, 0.25) is 10.0 Å². The summed E-state index contributed by atoms with van der Waals surface area (Å²) in [5.41, 5.74) is 3.06. The highest BCUT2D eigenvalue weighted by molar-refractivity contribution is 6.35. The number of rotatable bonds is 8. The van der Waals surface area contributed by atoms with Crippen LogP contribution in [0.3, 0.4) is 0 Å². The number of fused-ring (bicyclic) bond motifs is 1. The minimum Gasteiger partial charge on any atom is -0.486 e. The SMILES string of the molecule is C[C@H](Oc1ccc2[nH]nc(/C(F)=C/c3ccc(CNC4CCOCC4)nc3)c2c1)c1c(Cl)cncc1Cl. The number of hydrogen-bond donors (Lipinski definition) is 2. The number of nitrogens with zero attached hydrogens (tertiary/aromatic N) is 3. The minimum atomic E-state index is -0.480. The first-order chi connectivity index (χ1) is 18.0. The second-order valence-electron chi connectivity index (χ2n) is 8.90. The molecule has 1 aliphatic heterocycles. The van der Waals surface area contributed by atoms with Gasteiger partial charge in [0.2, 0.25) is 0 Å². The van der Waals surface area contributed by atoms with E-state index in [-0.39, 0.29) is 5.69 Å². The summed E-state index contributed by atoms with van der Waals surface area (Å²) in [5, 5.41) is 12.0. The van der Waals surface area contributed by atoms with E-state index in [1.54, 1.807) is 24.4 Å². The Morgan fingerprint density at radius 3 is 2.70 bits per heavy atom. The number of benzene rings is 1. The van der Waals surface area contributed by atoms with Crippen LogP contribution in [-0.4, -0.2) is 39.4 Å². The lowest BCUT2D eigenvalue weighted by Crippen LogP contribution is -2.34. The van der Waals surface area contributed by atoms with Gasteiger partial charge >= 0.3 is 0 Å². The number of aromatic amines is 1. The standard InChI is InChI=1S/C27H26Cl2FN5O2/c1-16(26-22(28)14-31-15-23(26)29)37-20-4-5-25-21(11-20)27(35-34-25)24(30)10-17-2-3-19(32-12-17)13-33-18-6-8-36-9-7-18/h2-5,10-12,14-16,18,33H,6-9,13H2,1H3,(H,34,35)/b24-10-/t16-/m0/s1. The molecule has 0 radical (unpaired) electrons. The number of H-pyrrole nitrogens is 1. The first kappa shape index (κ1) is 25.6. The van der Waals surface area contributed by atoms with E-state index < -0.39 is 11.9 Å². The first-order valence-electron chi connectivity index (χ1n) is 12.0. The molecular formula is C27H26Cl2FN5O2. The van der Waals surface area contributed by atoms with Crippen molar-refractivity contribution in [2.24, 2.45) is 0 Å². The van der Waals surface area contributed by atoms with E-state index in [1.165, 1.54) is 18.5 Å². The molecule has 0 spiro atoms. The molecule has 5 rings (SSSR count). The van der Waals surface area contributed by atoms with E-state index in [1.807, 2.05) is 19.1 Å². The van der Waals surface area contributed by atoms with Crippen LogP contribution in [0, 0.1) is 0 Å². The summed E-state index contributed by atoms with van der Waals surface area (Å²) < 4.78 is 26.7. The topological polar surface area (TPSA) is 85.0 Å². The van der Waals surface area contributed by atoms with Gasteiger partial charge in [0.25, 0.3) is 0 Å². The average Bonchev–Trinajstić information content (AvgIpc) is 3.32. The van der Waals surface area contributed by atoms with Crippen LogP contribution in [0.25, 0.3) is 22.8 Å². The number of nitrogens with one attached hydrogen (secondary N) is 2. The molecule has 1 saturated heterocycles. The molecular weight excluding hydrogens is 516 g/mol. The Hall–Kier alpha value is -3.04. The maximum atomic E-state index is 15.3. The molecule has 192 valence electrons. The highest BCUT2D eigenvalue weighted by Crippen LogP contribution is 2.34. The molecule has 0 amide bonds. The van der Waals surface area contributed by atoms with Crippen molar-refractivity contribution in [1.29, 1.82) is 0 Å². The maximum Gasteiger partial charge on any atom is 0.151 e. The van der Waals surface area contributed by atoms with Gasteiger partial charge < -0.3 is 14.8 Å². The average molecular weight is 542 g/mol. The van der Waals surface area contributed by atoms with Crippen molar-refractivity contribution in [3.05, 3.63) is 81.5 Å². The summed E-state index contributed by atoms with van der Waals surface area (Å²) in [4.78, 5) is 8.45. The van der Waals surface area contributed by atoms with Gasteiger partial charge in [-0.05, 0) is 55.7 Å². The molecule has 2 N–H and O–H groups in total. The Labute approximate surface area is 224 Å². The van der Waals surface area contributed by atoms with Crippen molar-refractivity contribution in [2.75, 3.05) is 13.2 Å². The van der Waals surface area contributed by atoms with E-state index in [2.05, 4.69) is 25.5 Å². The number of pyridine rings is 2. The van der Waals surface area contributed by atoms with Gasteiger partial charge in [0.15, 0.2) is 5.83 Å². The predicted octanol–water partition coefficient (Wildman–Crippen LogP) is 6.54. The molecule has 7 nitrogen and oxygen atoms in total. The highest BCUT2D eigenvalue weighted by atomic mass is 35.5. The van der Waals surface area contributed by atoms with Crippen molar-refractivity contribution in [3.63, 3.8) is 0 Å². The van der Waals surface area contributed by atoms with Gasteiger partial charge in [-0.25, -0.2) is 4.39 Å². The van der Waals surface area contributed by atoms with Gasteiger partial charge in [-0.3, -0.25) is 15.1 Å². The zero-order valence-corrected chi connectivity index (χ0v) is 21.7. The van der Waals surface area contributed by atoms with Crippen LogP contribution in [0.1, 0.15) is 48.4 Å². The summed E-state index contributed by atoms with van der Waals surface area (Å²) in [6.07, 6.45) is 7.68. The third kappa shape index (κ3) is 6.10. The van der Waals surface area contributed by atoms with Crippen LogP contribution in [0.15, 0.2) is 48.9 Å². The van der Waals surface area contributed by atoms with E-state index in [0.717, 1.165) is 31.7 Å². The van der Waals surface area contributed by atoms with Crippen LogP contribution < -0.4 is 10.1 Å². The lowest BCUT2D eigenvalue weighted by molar-refractivity contribution is 0.0775. The second kappa shape index (κ2) is 11.6. The van der Waals surface area contributed by atoms with Crippen molar-refractivity contribution < 1.29 is 13.9 Å². The molecule has 3 aromatic heterocycles. The Kier molecular flexibility index (Phi) is 8.00. The van der Waals surface area contributed by atoms with Crippen LogP contribution in [-0.2, 0) is 11.3 Å². The summed E-state index contributed by atoms with van der Waals surface area (Å²) in [6, 6.07) is 9.50. The van der Waals surface area contributed by atoms with Gasteiger partial charge in [-0.2, -0.15) is 5.10 Å². The highest BCUT2D eigenvalue weighted by Gasteiger charge is 2.18. The fraction of sp³-hybridized carbons (Fsp3) is 0.296. The molecule has 0 aliphatic carbocycles. The van der Waals surface area contributed by atoms with Crippen molar-refractivity contribution >= 4 is 46.0 Å². The van der Waals surface area contributed by atoms with Crippen LogP contribution >= 0.6 is 23.2 Å². The molecule has 1 aromatic carbocycles. The van der Waals surface area contributed by atoms with Gasteiger partial charge in [-0.15, -0.1) is 0 Å². The smallest absolute Gasteiger partial charge is 0.151 e. The lowest BCUT2D eigenvalue weighted by atomic mass is 10.1. The van der Waals surface area contributed by atoms with Gasteiger partial charge in [0, 0.05) is 55.3 Å².